The van der Waals surface area contributed by atoms with Crippen molar-refractivity contribution < 1.29 is 9.13 Å². The van der Waals surface area contributed by atoms with Gasteiger partial charge in [-0.05, 0) is 36.5 Å². The molecule has 3 heteroatoms. The molecule has 0 amide bonds. The molecule has 100 valence electrons. The normalized spacial score (nSPS) is 17.6. The molecule has 1 aliphatic carbocycles. The van der Waals surface area contributed by atoms with Gasteiger partial charge in [0, 0.05) is 6.61 Å². The van der Waals surface area contributed by atoms with Gasteiger partial charge in [-0.25, -0.2) is 4.39 Å². The van der Waals surface area contributed by atoms with Gasteiger partial charge in [0.25, 0.3) is 0 Å². The van der Waals surface area contributed by atoms with Gasteiger partial charge in [-0.15, -0.1) is 0 Å². The summed E-state index contributed by atoms with van der Waals surface area (Å²) >= 11 is 0. The molecule has 0 saturated heterocycles. The van der Waals surface area contributed by atoms with Gasteiger partial charge in [0.15, 0.2) is 0 Å². The lowest BCUT2D eigenvalue weighted by Gasteiger charge is -2.14. The molecule has 2 N–H and O–H groups in total. The Morgan fingerprint density at radius 1 is 1.17 bits per heavy atom. The monoisotopic (exact) mass is 251 g/mol. The predicted molar refractivity (Wildman–Crippen MR) is 71.7 cm³/mol. The number of nitrogens with two attached hydrogens (primary N) is 1. The van der Waals surface area contributed by atoms with Crippen LogP contribution in [0.4, 0.5) is 10.1 Å². The molecule has 0 atom stereocenters. The minimum Gasteiger partial charge on any atom is -0.396 e. The van der Waals surface area contributed by atoms with Crippen molar-refractivity contribution in [3.63, 3.8) is 0 Å². The van der Waals surface area contributed by atoms with E-state index in [1.54, 1.807) is 6.07 Å². The Kier molecular flexibility index (Phi) is 5.00. The maximum atomic E-state index is 13.2. The number of hydrogen-bond acceptors (Lipinski definition) is 2. The van der Waals surface area contributed by atoms with E-state index in [1.807, 2.05) is 6.07 Å². The Balaban J connectivity index is 1.75. The number of halogens is 1. The molecule has 0 bridgehead atoms. The highest BCUT2D eigenvalue weighted by Crippen LogP contribution is 2.23. The maximum Gasteiger partial charge on any atom is 0.146 e. The van der Waals surface area contributed by atoms with Crippen molar-refractivity contribution in [2.45, 2.75) is 45.1 Å². The molecule has 0 radical (unpaired) electrons. The average molecular weight is 251 g/mol. The number of nitrogen functional groups attached to an aromatic ring is 1. The summed E-state index contributed by atoms with van der Waals surface area (Å²) in [7, 11) is 0. The van der Waals surface area contributed by atoms with E-state index in [4.69, 9.17) is 10.5 Å². The molecule has 1 aliphatic rings. The highest BCUT2D eigenvalue weighted by atomic mass is 19.1. The molecule has 1 aromatic rings. The molecule has 1 saturated carbocycles. The van der Waals surface area contributed by atoms with Crippen LogP contribution in [0.25, 0.3) is 0 Å². The van der Waals surface area contributed by atoms with Gasteiger partial charge < -0.3 is 10.5 Å². The lowest BCUT2D eigenvalue weighted by atomic mass is 10.0. The highest BCUT2D eigenvalue weighted by Gasteiger charge is 2.12. The van der Waals surface area contributed by atoms with Crippen LogP contribution in [-0.4, -0.2) is 6.61 Å². The van der Waals surface area contributed by atoms with Crippen LogP contribution in [0.5, 0.6) is 0 Å². The van der Waals surface area contributed by atoms with Crippen molar-refractivity contribution in [3.05, 3.63) is 29.6 Å². The first-order chi connectivity index (χ1) is 8.75. The highest BCUT2D eigenvalue weighted by molar-refractivity contribution is 5.41. The molecular formula is C15H22FNO. The second kappa shape index (κ2) is 6.74. The van der Waals surface area contributed by atoms with Gasteiger partial charge in [-0.1, -0.05) is 31.7 Å². The first-order valence-corrected chi connectivity index (χ1v) is 6.87. The summed E-state index contributed by atoms with van der Waals surface area (Å²) in [5.74, 6) is 0.330. The fourth-order valence-corrected chi connectivity index (χ4v) is 2.53. The second-order valence-corrected chi connectivity index (χ2v) is 5.23. The molecule has 18 heavy (non-hydrogen) atoms. The molecule has 0 aliphatic heterocycles. The van der Waals surface area contributed by atoms with Crippen LogP contribution in [0.1, 0.15) is 44.1 Å². The lowest BCUT2D eigenvalue weighted by Crippen LogP contribution is -2.09. The van der Waals surface area contributed by atoms with Crippen LogP contribution in [0, 0.1) is 11.7 Å². The fourth-order valence-electron chi connectivity index (χ4n) is 2.53. The number of rotatable bonds is 4. The van der Waals surface area contributed by atoms with Crippen molar-refractivity contribution >= 4 is 5.69 Å². The van der Waals surface area contributed by atoms with Crippen LogP contribution < -0.4 is 5.73 Å². The zero-order valence-electron chi connectivity index (χ0n) is 10.8. The topological polar surface area (TPSA) is 35.2 Å². The summed E-state index contributed by atoms with van der Waals surface area (Å²) in [6.45, 7) is 1.28. The number of anilines is 1. The quantitative estimate of drug-likeness (QED) is 0.650. The van der Waals surface area contributed by atoms with Crippen LogP contribution in [-0.2, 0) is 11.3 Å². The van der Waals surface area contributed by atoms with E-state index in [1.165, 1.54) is 44.6 Å². The van der Waals surface area contributed by atoms with Crippen molar-refractivity contribution in [1.29, 1.82) is 0 Å². The van der Waals surface area contributed by atoms with Crippen molar-refractivity contribution in [2.75, 3.05) is 12.3 Å². The van der Waals surface area contributed by atoms with Gasteiger partial charge in [0.05, 0.1) is 12.3 Å². The third kappa shape index (κ3) is 3.98. The lowest BCUT2D eigenvalue weighted by molar-refractivity contribution is 0.0817. The summed E-state index contributed by atoms with van der Waals surface area (Å²) in [5.41, 5.74) is 6.49. The average Bonchev–Trinajstić information content (AvgIpc) is 2.62. The summed E-state index contributed by atoms with van der Waals surface area (Å²) in [6.07, 6.45) is 7.92. The number of ether oxygens (including phenoxy) is 1. The summed E-state index contributed by atoms with van der Waals surface area (Å²) in [5, 5.41) is 0. The van der Waals surface area contributed by atoms with Crippen molar-refractivity contribution in [1.82, 2.24) is 0 Å². The van der Waals surface area contributed by atoms with Crippen LogP contribution >= 0.6 is 0 Å². The molecular weight excluding hydrogens is 229 g/mol. The Morgan fingerprint density at radius 2 is 1.89 bits per heavy atom. The molecule has 2 nitrogen and oxygen atoms in total. The molecule has 0 spiro atoms. The SMILES string of the molecule is Nc1ccc(COCC2CCCCCC2)cc1F. The molecule has 0 aromatic heterocycles. The maximum absolute atomic E-state index is 13.2. The Morgan fingerprint density at radius 3 is 2.56 bits per heavy atom. The van der Waals surface area contributed by atoms with Gasteiger partial charge in [0.2, 0.25) is 0 Å². The van der Waals surface area contributed by atoms with Crippen LogP contribution in [0.2, 0.25) is 0 Å². The van der Waals surface area contributed by atoms with Crippen LogP contribution in [0.3, 0.4) is 0 Å². The fraction of sp³-hybridized carbons (Fsp3) is 0.600. The van der Waals surface area contributed by atoms with E-state index in [0.29, 0.717) is 12.5 Å². The minimum atomic E-state index is -0.356. The van der Waals surface area contributed by atoms with E-state index in [0.717, 1.165) is 12.2 Å². The molecule has 1 fully saturated rings. The van der Waals surface area contributed by atoms with Crippen molar-refractivity contribution in [3.8, 4) is 0 Å². The molecule has 2 rings (SSSR count). The summed E-state index contributed by atoms with van der Waals surface area (Å²) in [4.78, 5) is 0. The Labute approximate surface area is 108 Å². The van der Waals surface area contributed by atoms with Gasteiger partial charge in [-0.3, -0.25) is 0 Å². The Bertz CT molecular complexity index is 373. The van der Waals surface area contributed by atoms with Gasteiger partial charge in [-0.2, -0.15) is 0 Å². The van der Waals surface area contributed by atoms with Crippen LogP contribution in [0.15, 0.2) is 18.2 Å². The van der Waals surface area contributed by atoms with E-state index < -0.39 is 0 Å². The second-order valence-electron chi connectivity index (χ2n) is 5.23. The first-order valence-electron chi connectivity index (χ1n) is 6.87. The van der Waals surface area contributed by atoms with E-state index in [2.05, 4.69) is 0 Å². The summed E-state index contributed by atoms with van der Waals surface area (Å²) in [6, 6.07) is 4.88. The van der Waals surface area contributed by atoms with Gasteiger partial charge in [0.1, 0.15) is 5.82 Å². The zero-order valence-corrected chi connectivity index (χ0v) is 10.8. The molecule has 0 unspecified atom stereocenters. The largest absolute Gasteiger partial charge is 0.396 e. The Hall–Kier alpha value is -1.09. The third-order valence-corrected chi connectivity index (χ3v) is 3.66. The van der Waals surface area contributed by atoms with Gasteiger partial charge >= 0.3 is 0 Å². The smallest absolute Gasteiger partial charge is 0.146 e. The summed E-state index contributed by atoms with van der Waals surface area (Å²) < 4.78 is 18.9. The minimum absolute atomic E-state index is 0.197. The van der Waals surface area contributed by atoms with E-state index >= 15 is 0 Å². The first kappa shape index (κ1) is 13.3. The van der Waals surface area contributed by atoms with E-state index in [9.17, 15) is 4.39 Å². The third-order valence-electron chi connectivity index (χ3n) is 3.66. The van der Waals surface area contributed by atoms with Crippen molar-refractivity contribution in [2.24, 2.45) is 5.92 Å². The molecule has 1 aromatic carbocycles. The number of benzene rings is 1. The molecule has 0 heterocycles. The predicted octanol–water partition coefficient (Wildman–Crippen LogP) is 3.89. The standard InChI is InChI=1S/C15H22FNO/c16-14-9-13(7-8-15(14)17)11-18-10-12-5-3-1-2-4-6-12/h7-9,12H,1-6,10-11,17H2. The zero-order chi connectivity index (χ0) is 12.8. The van der Waals surface area contributed by atoms with E-state index in [-0.39, 0.29) is 11.5 Å². The number of hydrogen-bond donors (Lipinski definition) is 1.